The minimum Gasteiger partial charge on any atom is -0.491 e. The Labute approximate surface area is 92.4 Å². The standard InChI is InChI=1S/C13H21NO/c1-4-10(3)15-12-8-6-11(7-9-12)13(14)5-2/h6-10,13H,4-5,14H2,1-3H3/t10?,13-/m0/s1. The highest BCUT2D eigenvalue weighted by Crippen LogP contribution is 2.19. The van der Waals surface area contributed by atoms with Crippen LogP contribution < -0.4 is 10.5 Å². The fourth-order valence-electron chi connectivity index (χ4n) is 1.34. The van der Waals surface area contributed by atoms with E-state index in [1.54, 1.807) is 0 Å². The zero-order valence-electron chi connectivity index (χ0n) is 9.86. The molecule has 1 aromatic carbocycles. The van der Waals surface area contributed by atoms with Crippen LogP contribution in [0.1, 0.15) is 45.2 Å². The quantitative estimate of drug-likeness (QED) is 0.804. The number of hydrogen-bond acceptors (Lipinski definition) is 2. The Morgan fingerprint density at radius 3 is 2.20 bits per heavy atom. The Hall–Kier alpha value is -1.02. The molecule has 0 heterocycles. The van der Waals surface area contributed by atoms with Crippen LogP contribution in [0, 0.1) is 0 Å². The maximum atomic E-state index is 5.93. The topological polar surface area (TPSA) is 35.2 Å². The van der Waals surface area contributed by atoms with Crippen molar-refractivity contribution in [3.05, 3.63) is 29.8 Å². The average molecular weight is 207 g/mol. The lowest BCUT2D eigenvalue weighted by molar-refractivity contribution is 0.217. The predicted molar refractivity (Wildman–Crippen MR) is 64.0 cm³/mol. The van der Waals surface area contributed by atoms with Gasteiger partial charge >= 0.3 is 0 Å². The third-order valence-corrected chi connectivity index (χ3v) is 2.66. The van der Waals surface area contributed by atoms with Crippen molar-refractivity contribution < 1.29 is 4.74 Å². The van der Waals surface area contributed by atoms with Crippen molar-refractivity contribution in [1.82, 2.24) is 0 Å². The molecule has 0 aliphatic carbocycles. The van der Waals surface area contributed by atoms with Gasteiger partial charge in [-0.3, -0.25) is 0 Å². The molecule has 1 aromatic rings. The van der Waals surface area contributed by atoms with Gasteiger partial charge in [-0.15, -0.1) is 0 Å². The molecule has 0 fully saturated rings. The van der Waals surface area contributed by atoms with Crippen LogP contribution in [0.2, 0.25) is 0 Å². The molecule has 0 radical (unpaired) electrons. The van der Waals surface area contributed by atoms with Crippen molar-refractivity contribution in [2.45, 2.75) is 45.8 Å². The molecule has 0 aliphatic rings. The number of nitrogens with two attached hydrogens (primary N) is 1. The summed E-state index contributed by atoms with van der Waals surface area (Å²) < 4.78 is 5.69. The molecule has 84 valence electrons. The highest BCUT2D eigenvalue weighted by molar-refractivity contribution is 5.29. The second-order valence-electron chi connectivity index (χ2n) is 3.92. The molecule has 0 saturated carbocycles. The molecule has 0 saturated heterocycles. The smallest absolute Gasteiger partial charge is 0.119 e. The molecule has 1 rings (SSSR count). The first-order valence-electron chi connectivity index (χ1n) is 5.69. The van der Waals surface area contributed by atoms with Crippen LogP contribution in [0.25, 0.3) is 0 Å². The van der Waals surface area contributed by atoms with E-state index in [9.17, 15) is 0 Å². The summed E-state index contributed by atoms with van der Waals surface area (Å²) in [6.07, 6.45) is 2.26. The third kappa shape index (κ3) is 3.56. The van der Waals surface area contributed by atoms with Crippen LogP contribution in [-0.4, -0.2) is 6.10 Å². The Bertz CT molecular complexity index is 281. The lowest BCUT2D eigenvalue weighted by Gasteiger charge is -2.14. The summed E-state index contributed by atoms with van der Waals surface area (Å²) >= 11 is 0. The number of ether oxygens (including phenoxy) is 1. The van der Waals surface area contributed by atoms with E-state index >= 15 is 0 Å². The van der Waals surface area contributed by atoms with Gasteiger partial charge in [0.05, 0.1) is 6.10 Å². The second kappa shape index (κ2) is 5.76. The molecule has 15 heavy (non-hydrogen) atoms. The van der Waals surface area contributed by atoms with Gasteiger partial charge < -0.3 is 10.5 Å². The SMILES string of the molecule is CCC(C)Oc1ccc([C@@H](N)CC)cc1. The molecule has 0 spiro atoms. The first-order valence-corrected chi connectivity index (χ1v) is 5.69. The van der Waals surface area contributed by atoms with Crippen LogP contribution in [-0.2, 0) is 0 Å². The van der Waals surface area contributed by atoms with E-state index in [2.05, 4.69) is 20.8 Å². The van der Waals surface area contributed by atoms with Crippen LogP contribution >= 0.6 is 0 Å². The number of hydrogen-bond donors (Lipinski definition) is 1. The van der Waals surface area contributed by atoms with E-state index in [0.717, 1.165) is 18.6 Å². The summed E-state index contributed by atoms with van der Waals surface area (Å²) in [7, 11) is 0. The zero-order chi connectivity index (χ0) is 11.3. The van der Waals surface area contributed by atoms with E-state index in [1.165, 1.54) is 5.56 Å². The lowest BCUT2D eigenvalue weighted by atomic mass is 10.1. The molecule has 0 bridgehead atoms. The Morgan fingerprint density at radius 2 is 1.73 bits per heavy atom. The van der Waals surface area contributed by atoms with Gasteiger partial charge in [-0.1, -0.05) is 26.0 Å². The monoisotopic (exact) mass is 207 g/mol. The Kier molecular flexibility index (Phi) is 4.63. The number of rotatable bonds is 5. The first kappa shape index (κ1) is 12.1. The molecule has 2 N–H and O–H groups in total. The van der Waals surface area contributed by atoms with Crippen LogP contribution in [0.15, 0.2) is 24.3 Å². The molecule has 1 unspecified atom stereocenters. The zero-order valence-corrected chi connectivity index (χ0v) is 9.86. The van der Waals surface area contributed by atoms with Crippen molar-refractivity contribution >= 4 is 0 Å². The van der Waals surface area contributed by atoms with Crippen LogP contribution in [0.5, 0.6) is 5.75 Å². The molecular formula is C13H21NO. The summed E-state index contributed by atoms with van der Waals surface area (Å²) in [5.74, 6) is 0.927. The van der Waals surface area contributed by atoms with Gasteiger partial charge in [-0.2, -0.15) is 0 Å². The van der Waals surface area contributed by atoms with Gasteiger partial charge in [0, 0.05) is 6.04 Å². The molecule has 2 atom stereocenters. The summed E-state index contributed by atoms with van der Waals surface area (Å²) in [6.45, 7) is 6.28. The summed E-state index contributed by atoms with van der Waals surface area (Å²) in [5, 5.41) is 0. The molecule has 2 nitrogen and oxygen atoms in total. The van der Waals surface area contributed by atoms with Gasteiger partial charge in [0.25, 0.3) is 0 Å². The molecular weight excluding hydrogens is 186 g/mol. The molecule has 2 heteroatoms. The fraction of sp³-hybridized carbons (Fsp3) is 0.538. The molecule has 0 aromatic heterocycles. The van der Waals surface area contributed by atoms with Crippen LogP contribution in [0.4, 0.5) is 0 Å². The van der Waals surface area contributed by atoms with Gasteiger partial charge in [0.1, 0.15) is 5.75 Å². The van der Waals surface area contributed by atoms with E-state index in [1.807, 2.05) is 24.3 Å². The molecule has 0 aliphatic heterocycles. The third-order valence-electron chi connectivity index (χ3n) is 2.66. The van der Waals surface area contributed by atoms with E-state index < -0.39 is 0 Å². The first-order chi connectivity index (χ1) is 7.17. The average Bonchev–Trinajstić information content (AvgIpc) is 2.29. The van der Waals surface area contributed by atoms with Gasteiger partial charge in [-0.05, 0) is 37.5 Å². The maximum Gasteiger partial charge on any atom is 0.119 e. The summed E-state index contributed by atoms with van der Waals surface area (Å²) in [5.41, 5.74) is 7.11. The fourth-order valence-corrected chi connectivity index (χ4v) is 1.34. The minimum atomic E-state index is 0.141. The number of benzene rings is 1. The van der Waals surface area contributed by atoms with Crippen molar-refractivity contribution in [2.75, 3.05) is 0 Å². The van der Waals surface area contributed by atoms with Crippen LogP contribution in [0.3, 0.4) is 0 Å². The van der Waals surface area contributed by atoms with Crippen molar-refractivity contribution in [1.29, 1.82) is 0 Å². The van der Waals surface area contributed by atoms with Crippen molar-refractivity contribution in [3.63, 3.8) is 0 Å². The Balaban J connectivity index is 2.64. The normalized spacial score (nSPS) is 14.7. The van der Waals surface area contributed by atoms with Gasteiger partial charge in [0.2, 0.25) is 0 Å². The largest absolute Gasteiger partial charge is 0.491 e. The second-order valence-corrected chi connectivity index (χ2v) is 3.92. The minimum absolute atomic E-state index is 0.141. The maximum absolute atomic E-state index is 5.93. The predicted octanol–water partition coefficient (Wildman–Crippen LogP) is 3.27. The lowest BCUT2D eigenvalue weighted by Crippen LogP contribution is -2.11. The van der Waals surface area contributed by atoms with Crippen molar-refractivity contribution in [2.24, 2.45) is 5.73 Å². The van der Waals surface area contributed by atoms with Gasteiger partial charge in [0.15, 0.2) is 0 Å². The van der Waals surface area contributed by atoms with E-state index in [0.29, 0.717) is 0 Å². The van der Waals surface area contributed by atoms with E-state index in [4.69, 9.17) is 10.5 Å². The van der Waals surface area contributed by atoms with Gasteiger partial charge in [-0.25, -0.2) is 0 Å². The van der Waals surface area contributed by atoms with Crippen molar-refractivity contribution in [3.8, 4) is 5.75 Å². The Morgan fingerprint density at radius 1 is 1.13 bits per heavy atom. The molecule has 0 amide bonds. The summed E-state index contributed by atoms with van der Waals surface area (Å²) in [6, 6.07) is 8.23. The van der Waals surface area contributed by atoms with E-state index in [-0.39, 0.29) is 12.1 Å². The highest BCUT2D eigenvalue weighted by Gasteiger charge is 2.04. The summed E-state index contributed by atoms with van der Waals surface area (Å²) in [4.78, 5) is 0. The highest BCUT2D eigenvalue weighted by atomic mass is 16.5.